The van der Waals surface area contributed by atoms with E-state index in [9.17, 15) is 0 Å². The smallest absolute Gasteiger partial charge is 0.374 e. The Morgan fingerprint density at radius 1 is 1.10 bits per heavy atom. The van der Waals surface area contributed by atoms with E-state index in [0.29, 0.717) is 31.5 Å². The van der Waals surface area contributed by atoms with Gasteiger partial charge >= 0.3 is 8.80 Å². The summed E-state index contributed by atoms with van der Waals surface area (Å²) in [5.41, 5.74) is 0. The van der Waals surface area contributed by atoms with Crippen LogP contribution in [0.1, 0.15) is 27.2 Å². The first-order valence-electron chi connectivity index (χ1n) is 7.18. The Kier molecular flexibility index (Phi) is 12.0. The highest BCUT2D eigenvalue weighted by molar-refractivity contribution is 7.80. The molecule has 0 spiro atoms. The molecule has 0 aromatic rings. The van der Waals surface area contributed by atoms with E-state index < -0.39 is 8.80 Å². The van der Waals surface area contributed by atoms with Crippen LogP contribution in [0.2, 0.25) is 6.04 Å². The van der Waals surface area contributed by atoms with Gasteiger partial charge in [-0.3, -0.25) is 0 Å². The van der Waals surface area contributed by atoms with Crippen molar-refractivity contribution in [3.63, 3.8) is 0 Å². The van der Waals surface area contributed by atoms with Crippen molar-refractivity contribution in [1.29, 1.82) is 0 Å². The molecule has 5 nitrogen and oxygen atoms in total. The molecular formula is C13H28N2O3SSi. The second-order valence-corrected chi connectivity index (χ2v) is 7.15. The van der Waals surface area contributed by atoms with E-state index in [2.05, 4.69) is 17.2 Å². The summed E-state index contributed by atoms with van der Waals surface area (Å²) in [6.07, 6.45) is 2.66. The minimum Gasteiger partial charge on any atom is -0.374 e. The quantitative estimate of drug-likeness (QED) is 0.248. The second kappa shape index (κ2) is 12.3. The van der Waals surface area contributed by atoms with Gasteiger partial charge in [-0.1, -0.05) is 6.08 Å². The molecule has 0 aromatic heterocycles. The Morgan fingerprint density at radius 3 is 2.10 bits per heavy atom. The van der Waals surface area contributed by atoms with Crippen LogP contribution in [0.3, 0.4) is 0 Å². The molecule has 0 aliphatic rings. The monoisotopic (exact) mass is 320 g/mol. The van der Waals surface area contributed by atoms with Crippen LogP contribution in [-0.2, 0) is 13.3 Å². The van der Waals surface area contributed by atoms with Crippen LogP contribution < -0.4 is 10.6 Å². The Labute approximate surface area is 129 Å². The highest BCUT2D eigenvalue weighted by Gasteiger charge is 2.39. The first-order valence-corrected chi connectivity index (χ1v) is 9.52. The van der Waals surface area contributed by atoms with Crippen LogP contribution in [0.15, 0.2) is 12.7 Å². The van der Waals surface area contributed by atoms with Gasteiger partial charge in [0, 0.05) is 39.0 Å². The van der Waals surface area contributed by atoms with Gasteiger partial charge in [-0.15, -0.1) is 6.58 Å². The minimum absolute atomic E-state index is 0.610. The number of hydrogen-bond acceptors (Lipinski definition) is 4. The molecule has 0 aromatic carbocycles. The topological polar surface area (TPSA) is 51.8 Å². The molecule has 2 N–H and O–H groups in total. The van der Waals surface area contributed by atoms with Gasteiger partial charge in [-0.2, -0.15) is 0 Å². The van der Waals surface area contributed by atoms with Crippen molar-refractivity contribution < 1.29 is 13.3 Å². The second-order valence-electron chi connectivity index (χ2n) is 4.01. The Balaban J connectivity index is 4.11. The zero-order valence-electron chi connectivity index (χ0n) is 12.9. The predicted molar refractivity (Wildman–Crippen MR) is 88.9 cm³/mol. The molecule has 0 fully saturated rings. The van der Waals surface area contributed by atoms with E-state index in [4.69, 9.17) is 25.5 Å². The number of rotatable bonds is 12. The summed E-state index contributed by atoms with van der Waals surface area (Å²) in [6.45, 7) is 12.8. The molecule has 0 aliphatic heterocycles. The molecule has 118 valence electrons. The van der Waals surface area contributed by atoms with E-state index in [0.717, 1.165) is 19.0 Å². The van der Waals surface area contributed by atoms with Crippen molar-refractivity contribution in [2.75, 3.05) is 32.9 Å². The predicted octanol–water partition coefficient (Wildman–Crippen LogP) is 2.07. The van der Waals surface area contributed by atoms with E-state index in [1.54, 1.807) is 6.08 Å². The summed E-state index contributed by atoms with van der Waals surface area (Å²) in [7, 11) is -2.51. The van der Waals surface area contributed by atoms with Crippen LogP contribution in [0, 0.1) is 0 Å². The molecule has 0 amide bonds. The number of nitrogens with one attached hydrogen (secondary N) is 2. The fourth-order valence-corrected chi connectivity index (χ4v) is 4.53. The SMILES string of the molecule is C=CCNC(=S)NCCC[Si](OCC)(OCC)OCC. The van der Waals surface area contributed by atoms with E-state index in [1.807, 2.05) is 20.8 Å². The summed E-state index contributed by atoms with van der Waals surface area (Å²) in [4.78, 5) is 0. The van der Waals surface area contributed by atoms with E-state index in [-0.39, 0.29) is 0 Å². The highest BCUT2D eigenvalue weighted by Crippen LogP contribution is 2.17. The lowest BCUT2D eigenvalue weighted by atomic mass is 10.5. The molecule has 0 unspecified atom stereocenters. The molecule has 0 rings (SSSR count). The van der Waals surface area contributed by atoms with Crippen molar-refractivity contribution in [1.82, 2.24) is 10.6 Å². The summed E-state index contributed by atoms with van der Waals surface area (Å²) < 4.78 is 17.4. The summed E-state index contributed by atoms with van der Waals surface area (Å²) >= 11 is 5.13. The van der Waals surface area contributed by atoms with Gasteiger partial charge in [0.25, 0.3) is 0 Å². The third-order valence-corrected chi connectivity index (χ3v) is 5.89. The van der Waals surface area contributed by atoms with Gasteiger partial charge in [-0.25, -0.2) is 0 Å². The average molecular weight is 321 g/mol. The largest absolute Gasteiger partial charge is 0.500 e. The van der Waals surface area contributed by atoms with Crippen LogP contribution in [0.5, 0.6) is 0 Å². The zero-order valence-corrected chi connectivity index (χ0v) is 14.7. The summed E-state index contributed by atoms with van der Waals surface area (Å²) in [5, 5.41) is 6.81. The van der Waals surface area contributed by atoms with Crippen molar-refractivity contribution in [2.45, 2.75) is 33.2 Å². The molecule has 0 saturated carbocycles. The maximum atomic E-state index is 5.79. The average Bonchev–Trinajstić information content (AvgIpc) is 2.42. The fraction of sp³-hybridized carbons (Fsp3) is 0.769. The molecule has 0 saturated heterocycles. The third kappa shape index (κ3) is 8.65. The Hall–Kier alpha value is -0.473. The van der Waals surface area contributed by atoms with Gasteiger partial charge in [0.2, 0.25) is 0 Å². The van der Waals surface area contributed by atoms with Crippen LogP contribution in [0.4, 0.5) is 0 Å². The van der Waals surface area contributed by atoms with Crippen molar-refractivity contribution in [2.24, 2.45) is 0 Å². The summed E-state index contributed by atoms with van der Waals surface area (Å²) in [6, 6.07) is 0.791. The lowest BCUT2D eigenvalue weighted by Gasteiger charge is -2.28. The first-order chi connectivity index (χ1) is 9.64. The minimum atomic E-state index is -2.51. The zero-order chi connectivity index (χ0) is 15.3. The molecule has 0 radical (unpaired) electrons. The third-order valence-electron chi connectivity index (χ3n) is 2.45. The van der Waals surface area contributed by atoms with Gasteiger partial charge in [0.05, 0.1) is 0 Å². The highest BCUT2D eigenvalue weighted by atomic mass is 32.1. The van der Waals surface area contributed by atoms with Crippen molar-refractivity contribution in [3.8, 4) is 0 Å². The van der Waals surface area contributed by atoms with Crippen molar-refractivity contribution in [3.05, 3.63) is 12.7 Å². The van der Waals surface area contributed by atoms with Crippen LogP contribution >= 0.6 is 12.2 Å². The lowest BCUT2D eigenvalue weighted by molar-refractivity contribution is 0.0709. The van der Waals surface area contributed by atoms with Gasteiger partial charge < -0.3 is 23.9 Å². The molecule has 0 bridgehead atoms. The molecule has 0 aliphatic carbocycles. The fourth-order valence-electron chi connectivity index (χ4n) is 1.74. The van der Waals surface area contributed by atoms with Gasteiger partial charge in [-0.05, 0) is 39.4 Å². The van der Waals surface area contributed by atoms with Gasteiger partial charge in [0.15, 0.2) is 5.11 Å². The van der Waals surface area contributed by atoms with E-state index in [1.165, 1.54) is 0 Å². The Morgan fingerprint density at radius 2 is 1.65 bits per heavy atom. The van der Waals surface area contributed by atoms with Crippen molar-refractivity contribution >= 4 is 26.1 Å². The lowest BCUT2D eigenvalue weighted by Crippen LogP contribution is -2.46. The molecule has 0 atom stereocenters. The standard InChI is InChI=1S/C13H28N2O3SSi/c1-5-10-14-13(19)15-11-9-12-20(16-6-2,17-7-3)18-8-4/h5H,1,6-12H2,2-4H3,(H2,14,15,19). The van der Waals surface area contributed by atoms with Gasteiger partial charge in [0.1, 0.15) is 0 Å². The Bertz CT molecular complexity index is 263. The molecule has 7 heteroatoms. The molecule has 0 heterocycles. The maximum Gasteiger partial charge on any atom is 0.500 e. The summed E-state index contributed by atoms with van der Waals surface area (Å²) in [5.74, 6) is 0. The number of hydrogen-bond donors (Lipinski definition) is 2. The van der Waals surface area contributed by atoms with Crippen LogP contribution in [0.25, 0.3) is 0 Å². The molecular weight excluding hydrogens is 292 g/mol. The van der Waals surface area contributed by atoms with E-state index >= 15 is 0 Å². The first kappa shape index (κ1) is 19.5. The normalized spacial score (nSPS) is 11.2. The molecule has 20 heavy (non-hydrogen) atoms. The maximum absolute atomic E-state index is 5.79. The van der Waals surface area contributed by atoms with Crippen LogP contribution in [-0.4, -0.2) is 46.8 Å². The number of thiocarbonyl (C=S) groups is 1.